The molecule has 2 unspecified atom stereocenters. The zero-order valence-electron chi connectivity index (χ0n) is 33.7. The van der Waals surface area contributed by atoms with Gasteiger partial charge in [-0.1, -0.05) is 137 Å². The number of nitrogens with zero attached hydrogens (tertiary/aromatic N) is 1. The lowest BCUT2D eigenvalue weighted by Crippen LogP contribution is -2.29. The number of hydrogen-bond donors (Lipinski definition) is 1. The van der Waals surface area contributed by atoms with Gasteiger partial charge >= 0.3 is 6.16 Å². The molecule has 0 saturated carbocycles. The number of nitrogens with two attached hydrogens (primary N) is 1. The Balaban J connectivity index is 1.38. The normalized spacial score (nSPS) is 15.8. The van der Waals surface area contributed by atoms with Gasteiger partial charge in [-0.25, -0.2) is 4.79 Å². The van der Waals surface area contributed by atoms with Gasteiger partial charge in [0.1, 0.15) is 11.3 Å². The molecule has 0 aromatic heterocycles. The van der Waals surface area contributed by atoms with Crippen molar-refractivity contribution in [3.05, 3.63) is 143 Å². The lowest BCUT2D eigenvalue weighted by atomic mass is 9.73. The van der Waals surface area contributed by atoms with Gasteiger partial charge in [0.2, 0.25) is 0 Å². The van der Waals surface area contributed by atoms with Crippen LogP contribution >= 0.6 is 0 Å². The fourth-order valence-corrected chi connectivity index (χ4v) is 8.39. The zero-order valence-corrected chi connectivity index (χ0v) is 34.5. The van der Waals surface area contributed by atoms with E-state index in [1.165, 1.54) is 11.1 Å². The molecule has 6 heteroatoms. The molecule has 5 aromatic rings. The lowest BCUT2D eigenvalue weighted by molar-refractivity contribution is -0.0219. The maximum Gasteiger partial charge on any atom is 0.508 e. The number of terminal acetylenes is 1. The second kappa shape index (κ2) is 16.0. The molecule has 2 atom stereocenters. The molecule has 6 rings (SSSR count). The van der Waals surface area contributed by atoms with E-state index in [1.54, 1.807) is 0 Å². The summed E-state index contributed by atoms with van der Waals surface area (Å²) in [5.74, 6) is 2.99. The molecule has 286 valence electrons. The zero-order chi connectivity index (χ0) is 40.3. The monoisotopic (exact) mass is 760 g/mol. The van der Waals surface area contributed by atoms with Crippen LogP contribution in [0.1, 0.15) is 114 Å². The van der Waals surface area contributed by atoms with Crippen molar-refractivity contribution in [2.75, 3.05) is 12.3 Å². The van der Waals surface area contributed by atoms with E-state index in [0.29, 0.717) is 24.2 Å². The number of hydrogen-bond acceptors (Lipinski definition) is 6. The number of unbranched alkanes of at least 4 members (excludes halogenated alkanes) is 1. The molecule has 1 aliphatic rings. The Kier molecular flexibility index (Phi) is 11.5. The lowest BCUT2D eigenvalue weighted by Gasteiger charge is -2.30. The number of nitrogen functional groups attached to an aromatic ring is 1. The van der Waals surface area contributed by atoms with Crippen molar-refractivity contribution >= 4 is 30.0 Å². The van der Waals surface area contributed by atoms with Gasteiger partial charge in [-0.2, -0.15) is 4.36 Å². The summed E-state index contributed by atoms with van der Waals surface area (Å²) in [4.78, 5) is 12.8. The summed E-state index contributed by atoms with van der Waals surface area (Å²) in [5, 5.41) is 0. The van der Waals surface area contributed by atoms with E-state index in [2.05, 4.69) is 98.6 Å². The number of carbonyl (C=O) groups is 1. The van der Waals surface area contributed by atoms with E-state index in [1.807, 2.05) is 69.3 Å². The quantitative estimate of drug-likeness (QED) is 0.0528. The van der Waals surface area contributed by atoms with E-state index in [-0.39, 0.29) is 12.0 Å². The largest absolute Gasteiger partial charge is 0.508 e. The topological polar surface area (TPSA) is 73.9 Å². The van der Waals surface area contributed by atoms with Crippen LogP contribution in [0.25, 0.3) is 22.3 Å². The summed E-state index contributed by atoms with van der Waals surface area (Å²) in [6, 6.07) is 40.4. The van der Waals surface area contributed by atoms with E-state index >= 15 is 0 Å². The second-order valence-electron chi connectivity index (χ2n) is 16.5. The molecule has 0 saturated heterocycles. The van der Waals surface area contributed by atoms with Crippen LogP contribution in [0.3, 0.4) is 0 Å². The standard InChI is InChI=1S/C50H52N2O3S/c1-9-11-29-47(3,4)55-46(53)54-31-18-30-50(8)42-32-34(38-27-28-41(44(51)45(38)52-56)49(7,10-2)36-21-16-13-17-22-36)23-25-39(42)40-26-24-37(33-43(40)50)48(5,6)35-19-14-12-15-20-35/h2,12-17,19-23,25,27-28,32-33H,9,11,18,29-31,51H2,1,3-8H3. The van der Waals surface area contributed by atoms with Crippen LogP contribution < -0.4 is 5.73 Å². The SMILES string of the molecule is C#CC(C)(c1ccccc1)c1ccc(-c2ccc3c(c2)C(C)(CCCOC(=O)OC(C)(C)CCCC)c2cc(C(C)(C)c4ccccc4)c#cc2-3)c(N=S)c1N. The average Bonchev–Trinajstić information content (AvgIpc) is 3.45. The fraction of sp³-hybridized carbons (Fsp3) is 0.340. The van der Waals surface area contributed by atoms with Crippen LogP contribution in [0, 0.1) is 24.5 Å². The van der Waals surface area contributed by atoms with Gasteiger partial charge in [-0.15, -0.1) is 6.42 Å². The predicted molar refractivity (Wildman–Crippen MR) is 231 cm³/mol. The molecule has 2 N–H and O–H groups in total. The Bertz CT molecular complexity index is 2270. The minimum absolute atomic E-state index is 0.236. The molecular weight excluding hydrogens is 709 g/mol. The Morgan fingerprint density at radius 3 is 2.18 bits per heavy atom. The highest BCUT2D eigenvalue weighted by molar-refractivity contribution is 7.47. The number of carbonyl (C=O) groups excluding carboxylic acids is 1. The third-order valence-electron chi connectivity index (χ3n) is 11.9. The second-order valence-corrected chi connectivity index (χ2v) is 16.7. The van der Waals surface area contributed by atoms with Crippen LogP contribution in [0.4, 0.5) is 16.2 Å². The van der Waals surface area contributed by atoms with Crippen molar-refractivity contribution in [3.8, 4) is 34.6 Å². The molecule has 0 radical (unpaired) electrons. The van der Waals surface area contributed by atoms with Gasteiger partial charge in [-0.3, -0.25) is 0 Å². The highest BCUT2D eigenvalue weighted by Crippen LogP contribution is 2.53. The maximum absolute atomic E-state index is 12.8. The summed E-state index contributed by atoms with van der Waals surface area (Å²) < 4.78 is 15.7. The molecule has 1 aliphatic carbocycles. The molecule has 0 heterocycles. The van der Waals surface area contributed by atoms with Gasteiger partial charge in [-0.05, 0) is 97.5 Å². The molecule has 5 nitrogen and oxygen atoms in total. The molecule has 0 aliphatic heterocycles. The third-order valence-corrected chi connectivity index (χ3v) is 12.0. The smallest absolute Gasteiger partial charge is 0.434 e. The first kappa shape index (κ1) is 40.2. The molecule has 5 aromatic carbocycles. The van der Waals surface area contributed by atoms with Gasteiger partial charge in [0.15, 0.2) is 0 Å². The summed E-state index contributed by atoms with van der Waals surface area (Å²) in [6.07, 6.45) is 9.70. The van der Waals surface area contributed by atoms with Crippen molar-refractivity contribution in [2.24, 2.45) is 4.36 Å². The van der Waals surface area contributed by atoms with Crippen molar-refractivity contribution in [2.45, 2.75) is 102 Å². The van der Waals surface area contributed by atoms with Gasteiger partial charge in [0.05, 0.1) is 17.7 Å². The number of rotatable bonds is 14. The average molecular weight is 761 g/mol. The summed E-state index contributed by atoms with van der Waals surface area (Å²) in [7, 11) is 0. The molecule has 0 amide bonds. The Labute approximate surface area is 339 Å². The van der Waals surface area contributed by atoms with Gasteiger partial charge < -0.3 is 15.2 Å². The maximum atomic E-state index is 12.8. The highest BCUT2D eigenvalue weighted by Gasteiger charge is 2.41. The van der Waals surface area contributed by atoms with Gasteiger partial charge in [0, 0.05) is 39.9 Å². The molecule has 56 heavy (non-hydrogen) atoms. The van der Waals surface area contributed by atoms with Crippen LogP contribution in [0.2, 0.25) is 0 Å². The Morgan fingerprint density at radius 1 is 0.875 bits per heavy atom. The van der Waals surface area contributed by atoms with Crippen LogP contribution in [0.15, 0.2) is 101 Å². The van der Waals surface area contributed by atoms with E-state index < -0.39 is 22.6 Å². The molecule has 0 spiro atoms. The van der Waals surface area contributed by atoms with Crippen molar-refractivity contribution < 1.29 is 14.3 Å². The van der Waals surface area contributed by atoms with Crippen molar-refractivity contribution in [3.63, 3.8) is 0 Å². The van der Waals surface area contributed by atoms with Crippen LogP contribution in [-0.2, 0) is 38.1 Å². The molecule has 0 bridgehead atoms. The Hall–Kier alpha value is -5.43. The van der Waals surface area contributed by atoms with E-state index in [4.69, 9.17) is 34.1 Å². The summed E-state index contributed by atoms with van der Waals surface area (Å²) in [5.41, 5.74) is 16.0. The first-order valence-electron chi connectivity index (χ1n) is 19.6. The molecular formula is C50H52N2O3S. The number of fused-ring (bicyclic) bond motifs is 3. The summed E-state index contributed by atoms with van der Waals surface area (Å²) in [6.45, 7) is 14.9. The van der Waals surface area contributed by atoms with Gasteiger partial charge in [0.25, 0.3) is 0 Å². The van der Waals surface area contributed by atoms with Crippen LogP contribution in [-0.4, -0.2) is 18.4 Å². The van der Waals surface area contributed by atoms with Crippen molar-refractivity contribution in [1.82, 2.24) is 0 Å². The third kappa shape index (κ3) is 7.56. The van der Waals surface area contributed by atoms with Crippen LogP contribution in [0.5, 0.6) is 0 Å². The molecule has 0 fully saturated rings. The Morgan fingerprint density at radius 2 is 1.54 bits per heavy atom. The highest BCUT2D eigenvalue weighted by atomic mass is 32.1. The van der Waals surface area contributed by atoms with E-state index in [9.17, 15) is 4.79 Å². The fourth-order valence-electron chi connectivity index (χ4n) is 8.20. The minimum Gasteiger partial charge on any atom is -0.434 e. The minimum atomic E-state index is -0.784. The predicted octanol–water partition coefficient (Wildman–Crippen LogP) is 12.4. The van der Waals surface area contributed by atoms with E-state index in [0.717, 1.165) is 63.8 Å². The first-order chi connectivity index (χ1) is 26.7. The van der Waals surface area contributed by atoms with Crippen molar-refractivity contribution in [1.29, 1.82) is 0 Å². The number of ether oxygens (including phenoxy) is 2. The summed E-state index contributed by atoms with van der Waals surface area (Å²) >= 11 is 5.40. The first-order valence-corrected chi connectivity index (χ1v) is 19.9. The number of anilines is 1. The number of benzene rings is 4.